The van der Waals surface area contributed by atoms with E-state index in [0.717, 1.165) is 48.5 Å². The number of pyridine rings is 1. The van der Waals surface area contributed by atoms with Crippen molar-refractivity contribution in [1.82, 2.24) is 4.98 Å². The highest BCUT2D eigenvalue weighted by atomic mass is 79.9. The first-order chi connectivity index (χ1) is 15.0. The summed E-state index contributed by atoms with van der Waals surface area (Å²) in [4.78, 5) is 4.43. The predicted octanol–water partition coefficient (Wildman–Crippen LogP) is 2.16. The van der Waals surface area contributed by atoms with Crippen LogP contribution in [0.4, 0.5) is 8.78 Å². The van der Waals surface area contributed by atoms with Crippen molar-refractivity contribution >= 4 is 10.9 Å². The van der Waals surface area contributed by atoms with Gasteiger partial charge in [-0.2, -0.15) is 0 Å². The predicted molar refractivity (Wildman–Crippen MR) is 117 cm³/mol. The number of quaternary nitrogens is 1. The lowest BCUT2D eigenvalue weighted by Crippen LogP contribution is -3.00. The van der Waals surface area contributed by atoms with Crippen molar-refractivity contribution in [2.75, 3.05) is 13.1 Å². The van der Waals surface area contributed by atoms with Crippen LogP contribution >= 0.6 is 0 Å². The van der Waals surface area contributed by atoms with E-state index in [1.54, 1.807) is 18.3 Å². The molecule has 0 saturated carbocycles. The Balaban J connectivity index is 0.00000245. The number of nitrogens with zero attached hydrogens (tertiary/aromatic N) is 2. The fourth-order valence-corrected chi connectivity index (χ4v) is 5.97. The molecular formula is C26H27BrF2N2O. The molecular weight excluding hydrogens is 474 g/mol. The quantitative estimate of drug-likeness (QED) is 0.430. The molecule has 3 aromatic rings. The third kappa shape index (κ3) is 3.78. The molecule has 6 rings (SSSR count). The van der Waals surface area contributed by atoms with Crippen LogP contribution in [-0.2, 0) is 6.54 Å². The van der Waals surface area contributed by atoms with Gasteiger partial charge in [0.15, 0.2) is 11.6 Å². The van der Waals surface area contributed by atoms with Crippen LogP contribution in [-0.4, -0.2) is 33.7 Å². The minimum Gasteiger partial charge on any atom is -1.00 e. The lowest BCUT2D eigenvalue weighted by atomic mass is 9.71. The molecule has 2 aromatic carbocycles. The van der Waals surface area contributed by atoms with E-state index < -0.39 is 17.7 Å². The zero-order valence-corrected chi connectivity index (χ0v) is 19.4. The van der Waals surface area contributed by atoms with Crippen LogP contribution in [0.3, 0.4) is 0 Å². The molecule has 3 nitrogen and oxygen atoms in total. The summed E-state index contributed by atoms with van der Waals surface area (Å²) in [5, 5.41) is 12.6. The number of aromatic nitrogens is 1. The summed E-state index contributed by atoms with van der Waals surface area (Å²) in [6, 6.07) is 14.0. The molecule has 5 atom stereocenters. The van der Waals surface area contributed by atoms with Gasteiger partial charge in [-0.05, 0) is 29.7 Å². The number of halogens is 3. The van der Waals surface area contributed by atoms with Crippen molar-refractivity contribution in [3.8, 4) is 0 Å². The van der Waals surface area contributed by atoms with Crippen molar-refractivity contribution in [2.45, 2.75) is 31.5 Å². The lowest BCUT2D eigenvalue weighted by molar-refractivity contribution is -0.985. The molecule has 4 unspecified atom stereocenters. The molecule has 3 aliphatic rings. The summed E-state index contributed by atoms with van der Waals surface area (Å²) >= 11 is 0. The second-order valence-electron chi connectivity index (χ2n) is 9.11. The van der Waals surface area contributed by atoms with E-state index in [2.05, 4.69) is 11.6 Å². The maximum Gasteiger partial charge on any atom is 0.167 e. The Morgan fingerprint density at radius 2 is 1.97 bits per heavy atom. The third-order valence-electron chi connectivity index (χ3n) is 7.56. The van der Waals surface area contributed by atoms with E-state index in [1.807, 2.05) is 36.4 Å². The number of hydrogen-bond donors (Lipinski definition) is 1. The molecule has 3 aliphatic heterocycles. The van der Waals surface area contributed by atoms with E-state index in [9.17, 15) is 13.9 Å². The van der Waals surface area contributed by atoms with Gasteiger partial charge in [-0.15, -0.1) is 6.58 Å². The van der Waals surface area contributed by atoms with Gasteiger partial charge in [0.05, 0.1) is 18.6 Å². The minimum atomic E-state index is -0.819. The maximum absolute atomic E-state index is 14.6. The smallest absolute Gasteiger partial charge is 0.167 e. The molecule has 1 aromatic heterocycles. The number of aliphatic hydroxyl groups excluding tert-OH is 1. The Kier molecular flexibility index (Phi) is 6.48. The largest absolute Gasteiger partial charge is 1.00 e. The normalized spacial score (nSPS) is 27.7. The van der Waals surface area contributed by atoms with Crippen LogP contribution in [0.15, 0.2) is 67.4 Å². The Morgan fingerprint density at radius 1 is 1.16 bits per heavy atom. The van der Waals surface area contributed by atoms with Crippen LogP contribution in [0.25, 0.3) is 10.9 Å². The zero-order valence-electron chi connectivity index (χ0n) is 17.8. The van der Waals surface area contributed by atoms with Gasteiger partial charge in [0, 0.05) is 35.9 Å². The summed E-state index contributed by atoms with van der Waals surface area (Å²) in [6.45, 7) is 6.02. The topological polar surface area (TPSA) is 33.1 Å². The average Bonchev–Trinajstić information content (AvgIpc) is 2.81. The summed E-state index contributed by atoms with van der Waals surface area (Å²) in [5.74, 6) is -0.814. The van der Waals surface area contributed by atoms with Crippen molar-refractivity contribution in [1.29, 1.82) is 0 Å². The Hall–Kier alpha value is -2.15. The van der Waals surface area contributed by atoms with Crippen molar-refractivity contribution in [3.63, 3.8) is 0 Å². The first-order valence-electron chi connectivity index (χ1n) is 11.0. The van der Waals surface area contributed by atoms with Crippen LogP contribution in [0, 0.1) is 23.5 Å². The molecule has 1 N–H and O–H groups in total. The van der Waals surface area contributed by atoms with Gasteiger partial charge in [0.2, 0.25) is 0 Å². The second-order valence-corrected chi connectivity index (χ2v) is 9.11. The summed E-state index contributed by atoms with van der Waals surface area (Å²) in [5.41, 5.74) is 2.08. The van der Waals surface area contributed by atoms with Gasteiger partial charge in [-0.3, -0.25) is 4.98 Å². The highest BCUT2D eigenvalue weighted by molar-refractivity contribution is 5.82. The third-order valence-corrected chi connectivity index (χ3v) is 7.56. The molecule has 0 radical (unpaired) electrons. The highest BCUT2D eigenvalue weighted by Crippen LogP contribution is 2.48. The van der Waals surface area contributed by atoms with Gasteiger partial charge in [-0.25, -0.2) is 8.78 Å². The van der Waals surface area contributed by atoms with Crippen molar-refractivity contribution in [2.24, 2.45) is 11.8 Å². The molecule has 0 amide bonds. The molecule has 0 spiro atoms. The molecule has 0 aliphatic carbocycles. The van der Waals surface area contributed by atoms with E-state index in [4.69, 9.17) is 0 Å². The van der Waals surface area contributed by atoms with Gasteiger partial charge in [0.1, 0.15) is 18.7 Å². The lowest BCUT2D eigenvalue weighted by Gasteiger charge is -2.58. The fraction of sp³-hybridized carbons (Fsp3) is 0.346. The number of para-hydroxylation sites is 1. The van der Waals surface area contributed by atoms with E-state index in [0.29, 0.717) is 28.4 Å². The van der Waals surface area contributed by atoms with E-state index >= 15 is 0 Å². The zero-order chi connectivity index (χ0) is 21.6. The Bertz CT molecular complexity index is 1130. The molecule has 2 bridgehead atoms. The SMILES string of the molecule is C=CC1C[N+]2(Cc3cccc(F)c3F)CCC1CC2[C@H](O)c1ccnc2ccccc12.[Br-]. The van der Waals surface area contributed by atoms with Crippen molar-refractivity contribution in [3.05, 3.63) is 90.1 Å². The molecule has 6 heteroatoms. The number of aliphatic hydroxyl groups is 1. The number of fused-ring (bicyclic) bond motifs is 4. The van der Waals surface area contributed by atoms with Gasteiger partial charge in [-0.1, -0.05) is 36.4 Å². The van der Waals surface area contributed by atoms with Crippen LogP contribution < -0.4 is 17.0 Å². The maximum atomic E-state index is 14.6. The standard InChI is InChI=1S/C26H27F2N2O.BrH/c1-2-17-15-30(16-19-6-5-8-22(27)25(19)28)13-11-18(17)14-24(30)26(31)21-10-12-29-23-9-4-3-7-20(21)23;/h2-10,12,17-18,24,26,31H,1,11,13-16H2;1H/q+1;/p-1/t17?,18?,24?,26-,30?;/m1./s1. The molecule has 4 heterocycles. The molecule has 3 saturated heterocycles. The first kappa shape index (κ1) is 23.0. The number of rotatable bonds is 5. The summed E-state index contributed by atoms with van der Waals surface area (Å²) in [7, 11) is 0. The van der Waals surface area contributed by atoms with E-state index in [1.165, 1.54) is 0 Å². The molecule has 168 valence electrons. The molecule has 3 fully saturated rings. The monoisotopic (exact) mass is 500 g/mol. The second kappa shape index (κ2) is 9.00. The average molecular weight is 501 g/mol. The summed E-state index contributed by atoms with van der Waals surface area (Å²) < 4.78 is 29.1. The Labute approximate surface area is 197 Å². The first-order valence-corrected chi connectivity index (χ1v) is 11.0. The van der Waals surface area contributed by atoms with Gasteiger partial charge < -0.3 is 26.6 Å². The minimum absolute atomic E-state index is 0. The molecule has 32 heavy (non-hydrogen) atoms. The van der Waals surface area contributed by atoms with E-state index in [-0.39, 0.29) is 23.0 Å². The number of hydrogen-bond acceptors (Lipinski definition) is 2. The highest BCUT2D eigenvalue weighted by Gasteiger charge is 2.54. The fourth-order valence-electron chi connectivity index (χ4n) is 5.97. The van der Waals surface area contributed by atoms with Crippen molar-refractivity contribution < 1.29 is 35.4 Å². The van der Waals surface area contributed by atoms with Crippen LogP contribution in [0.1, 0.15) is 30.1 Å². The number of piperidine rings is 3. The van der Waals surface area contributed by atoms with Crippen LogP contribution in [0.2, 0.25) is 0 Å². The number of benzene rings is 2. The van der Waals surface area contributed by atoms with Gasteiger partial charge in [0.25, 0.3) is 0 Å². The van der Waals surface area contributed by atoms with Gasteiger partial charge >= 0.3 is 0 Å². The summed E-state index contributed by atoms with van der Waals surface area (Å²) in [6.07, 6.45) is 4.88. The van der Waals surface area contributed by atoms with Crippen LogP contribution in [0.5, 0.6) is 0 Å². The Morgan fingerprint density at radius 3 is 2.78 bits per heavy atom.